The predicted octanol–water partition coefficient (Wildman–Crippen LogP) is 2.59. The first-order chi connectivity index (χ1) is 10.4. The molecular weight excluding hydrogens is 274 g/mol. The van der Waals surface area contributed by atoms with Gasteiger partial charge in [-0.2, -0.15) is 0 Å². The van der Waals surface area contributed by atoms with Crippen molar-refractivity contribution in [3.63, 3.8) is 0 Å². The van der Waals surface area contributed by atoms with Crippen LogP contribution in [0.1, 0.15) is 46.0 Å². The summed E-state index contributed by atoms with van der Waals surface area (Å²) in [5, 5.41) is 21.3. The van der Waals surface area contributed by atoms with Crippen LogP contribution >= 0.6 is 0 Å². The van der Waals surface area contributed by atoms with Crippen molar-refractivity contribution in [2.75, 3.05) is 0 Å². The Bertz CT molecular complexity index is 542. The zero-order valence-electron chi connectivity index (χ0n) is 13.7. The maximum atomic E-state index is 10.9. The van der Waals surface area contributed by atoms with Crippen LogP contribution in [0.5, 0.6) is 0 Å². The van der Waals surface area contributed by atoms with E-state index in [1.54, 1.807) is 0 Å². The molecule has 4 rings (SSSR count). The van der Waals surface area contributed by atoms with E-state index >= 15 is 0 Å². The van der Waals surface area contributed by atoms with Crippen LogP contribution in [0, 0.1) is 34.5 Å². The van der Waals surface area contributed by atoms with Crippen LogP contribution in [-0.2, 0) is 0 Å². The van der Waals surface area contributed by atoms with Crippen molar-refractivity contribution in [1.82, 2.24) is 0 Å². The van der Waals surface area contributed by atoms with Crippen LogP contribution in [-0.4, -0.2) is 22.4 Å². The average molecular weight is 303 g/mol. The molecule has 0 aromatic heterocycles. The van der Waals surface area contributed by atoms with Crippen LogP contribution in [0.25, 0.3) is 0 Å². The molecule has 0 radical (unpaired) electrons. The molecule has 4 aliphatic carbocycles. The van der Waals surface area contributed by atoms with Crippen LogP contribution in [0.15, 0.2) is 23.9 Å². The molecule has 2 saturated carbocycles. The summed E-state index contributed by atoms with van der Waals surface area (Å²) < 4.78 is 0. The van der Waals surface area contributed by atoms with E-state index in [-0.39, 0.29) is 23.0 Å². The molecular formula is C19H29NO2. The van der Waals surface area contributed by atoms with E-state index in [1.165, 1.54) is 0 Å². The van der Waals surface area contributed by atoms with E-state index in [1.807, 2.05) is 6.08 Å². The van der Waals surface area contributed by atoms with Crippen LogP contribution in [0.2, 0.25) is 0 Å². The second kappa shape index (κ2) is 4.61. The summed E-state index contributed by atoms with van der Waals surface area (Å²) in [5.41, 5.74) is 7.26. The third kappa shape index (κ3) is 1.75. The van der Waals surface area contributed by atoms with Gasteiger partial charge in [-0.25, -0.2) is 0 Å². The van der Waals surface area contributed by atoms with E-state index < -0.39 is 0 Å². The zero-order chi connectivity index (χ0) is 15.7. The summed E-state index contributed by atoms with van der Waals surface area (Å²) in [5.74, 6) is 1.56. The van der Waals surface area contributed by atoms with Crippen molar-refractivity contribution in [3.05, 3.63) is 23.9 Å². The van der Waals surface area contributed by atoms with Gasteiger partial charge in [0.25, 0.3) is 0 Å². The lowest BCUT2D eigenvalue weighted by atomic mass is 9.45. The monoisotopic (exact) mass is 303 g/mol. The third-order valence-corrected chi connectivity index (χ3v) is 7.81. The summed E-state index contributed by atoms with van der Waals surface area (Å²) in [6, 6.07) is 0. The molecule has 4 N–H and O–H groups in total. The van der Waals surface area contributed by atoms with Gasteiger partial charge in [0.2, 0.25) is 0 Å². The molecule has 0 heterocycles. The topological polar surface area (TPSA) is 66.5 Å². The molecule has 0 aromatic rings. The molecule has 4 aliphatic rings. The lowest BCUT2D eigenvalue weighted by molar-refractivity contribution is -0.147. The van der Waals surface area contributed by atoms with Gasteiger partial charge in [0.1, 0.15) is 0 Å². The summed E-state index contributed by atoms with van der Waals surface area (Å²) >= 11 is 0. The highest BCUT2D eigenvalue weighted by Gasteiger charge is 2.60. The van der Waals surface area contributed by atoms with Crippen LogP contribution in [0.4, 0.5) is 0 Å². The Kier molecular flexibility index (Phi) is 3.09. The molecule has 122 valence electrons. The minimum atomic E-state index is -0.349. The van der Waals surface area contributed by atoms with Crippen LogP contribution < -0.4 is 5.73 Å². The Morgan fingerprint density at radius 1 is 1.14 bits per heavy atom. The van der Waals surface area contributed by atoms with Crippen molar-refractivity contribution in [2.24, 2.45) is 40.2 Å². The number of aliphatic hydroxyl groups is 2. The van der Waals surface area contributed by atoms with Crippen molar-refractivity contribution in [2.45, 2.75) is 58.2 Å². The van der Waals surface area contributed by atoms with Crippen molar-refractivity contribution in [1.29, 1.82) is 0 Å². The SMILES string of the molecule is C[C@]12CCC(N)=CC1CC(O)[C@@H]1[C@H]2CC[C@]2(C)C(O)C=C[C@@H]12. The molecule has 3 heteroatoms. The normalized spacial score (nSPS) is 56.8. The van der Waals surface area contributed by atoms with Gasteiger partial charge in [-0.1, -0.05) is 32.1 Å². The highest BCUT2D eigenvalue weighted by molar-refractivity contribution is 5.23. The Hall–Kier alpha value is -0.800. The van der Waals surface area contributed by atoms with Gasteiger partial charge in [-0.3, -0.25) is 0 Å². The van der Waals surface area contributed by atoms with E-state index in [2.05, 4.69) is 26.0 Å². The lowest BCUT2D eigenvalue weighted by Crippen LogP contribution is -2.57. The largest absolute Gasteiger partial charge is 0.402 e. The summed E-state index contributed by atoms with van der Waals surface area (Å²) in [4.78, 5) is 0. The van der Waals surface area contributed by atoms with E-state index in [9.17, 15) is 10.2 Å². The second-order valence-corrected chi connectivity index (χ2v) is 8.74. The Morgan fingerprint density at radius 2 is 1.91 bits per heavy atom. The minimum absolute atomic E-state index is 0.0745. The van der Waals surface area contributed by atoms with Gasteiger partial charge in [-0.15, -0.1) is 0 Å². The maximum absolute atomic E-state index is 10.9. The minimum Gasteiger partial charge on any atom is -0.402 e. The number of rotatable bonds is 0. The van der Waals surface area contributed by atoms with Gasteiger partial charge >= 0.3 is 0 Å². The van der Waals surface area contributed by atoms with Gasteiger partial charge in [0.15, 0.2) is 0 Å². The number of aliphatic hydroxyl groups excluding tert-OH is 2. The maximum Gasteiger partial charge on any atom is 0.0780 e. The smallest absolute Gasteiger partial charge is 0.0780 e. The molecule has 3 unspecified atom stereocenters. The van der Waals surface area contributed by atoms with Crippen molar-refractivity contribution in [3.8, 4) is 0 Å². The molecule has 3 nitrogen and oxygen atoms in total. The quantitative estimate of drug-likeness (QED) is 0.603. The highest BCUT2D eigenvalue weighted by Crippen LogP contribution is 2.64. The molecule has 8 atom stereocenters. The number of hydrogen-bond acceptors (Lipinski definition) is 3. The fraction of sp³-hybridized carbons (Fsp3) is 0.789. The van der Waals surface area contributed by atoms with Gasteiger partial charge in [0.05, 0.1) is 12.2 Å². The summed E-state index contributed by atoms with van der Waals surface area (Å²) in [6.07, 6.45) is 10.9. The third-order valence-electron chi connectivity index (χ3n) is 7.81. The molecule has 0 bridgehead atoms. The fourth-order valence-corrected chi connectivity index (χ4v) is 6.28. The fourth-order valence-electron chi connectivity index (χ4n) is 6.28. The van der Waals surface area contributed by atoms with Gasteiger partial charge in [-0.05, 0) is 61.2 Å². The van der Waals surface area contributed by atoms with Gasteiger partial charge in [0, 0.05) is 11.1 Å². The highest BCUT2D eigenvalue weighted by atomic mass is 16.3. The summed E-state index contributed by atoms with van der Waals surface area (Å²) in [6.45, 7) is 4.63. The first kappa shape index (κ1) is 14.8. The predicted molar refractivity (Wildman–Crippen MR) is 86.7 cm³/mol. The summed E-state index contributed by atoms with van der Waals surface area (Å²) in [7, 11) is 0. The molecule has 22 heavy (non-hydrogen) atoms. The lowest BCUT2D eigenvalue weighted by Gasteiger charge is -2.60. The molecule has 0 spiro atoms. The molecule has 0 aromatic carbocycles. The average Bonchev–Trinajstić information content (AvgIpc) is 2.77. The van der Waals surface area contributed by atoms with E-state index in [4.69, 9.17) is 5.73 Å². The van der Waals surface area contributed by atoms with Crippen LogP contribution in [0.3, 0.4) is 0 Å². The second-order valence-electron chi connectivity index (χ2n) is 8.74. The first-order valence-corrected chi connectivity index (χ1v) is 8.87. The van der Waals surface area contributed by atoms with Crippen molar-refractivity contribution < 1.29 is 10.2 Å². The van der Waals surface area contributed by atoms with Gasteiger partial charge < -0.3 is 15.9 Å². The number of hydrogen-bond donors (Lipinski definition) is 3. The van der Waals surface area contributed by atoms with E-state index in [0.717, 1.165) is 37.8 Å². The standard InChI is InChI=1S/C19H29NO2/c1-18-7-5-12(20)9-11(18)10-15(21)17-13-3-4-16(22)19(13,2)8-6-14(17)18/h3-4,9,11,13-17,21-22H,5-8,10,20H2,1-2H3/t11?,13-,14+,15?,16?,17-,18-,19-/m0/s1. The van der Waals surface area contributed by atoms with Crippen molar-refractivity contribution >= 4 is 0 Å². The Morgan fingerprint density at radius 3 is 2.68 bits per heavy atom. The number of nitrogens with two attached hydrogens (primary N) is 1. The Balaban J connectivity index is 1.72. The zero-order valence-corrected chi connectivity index (χ0v) is 13.7. The number of allylic oxidation sites excluding steroid dienone is 3. The van der Waals surface area contributed by atoms with E-state index in [0.29, 0.717) is 23.7 Å². The molecule has 0 aliphatic heterocycles. The molecule has 2 fully saturated rings. The molecule has 0 saturated heterocycles. The first-order valence-electron chi connectivity index (χ1n) is 8.87. The Labute approximate surface area is 133 Å². The molecule has 0 amide bonds. The number of fused-ring (bicyclic) bond motifs is 5.